The highest BCUT2D eigenvalue weighted by molar-refractivity contribution is 5.85. The van der Waals surface area contributed by atoms with Crippen LogP contribution in [-0.2, 0) is 4.79 Å². The Hall–Kier alpha value is -0.280. The fraction of sp³-hybridized carbons (Fsp3) is 0.917. The Morgan fingerprint density at radius 2 is 1.94 bits per heavy atom. The van der Waals surface area contributed by atoms with Crippen LogP contribution in [0.2, 0.25) is 0 Å². The Morgan fingerprint density at radius 3 is 2.38 bits per heavy atom. The van der Waals surface area contributed by atoms with E-state index >= 15 is 0 Å². The third kappa shape index (κ3) is 5.17. The molecule has 1 rings (SSSR count). The first kappa shape index (κ1) is 15.7. The zero-order chi connectivity index (χ0) is 11.3. The van der Waals surface area contributed by atoms with Gasteiger partial charge in [0.25, 0.3) is 0 Å². The molecule has 1 aliphatic rings. The van der Waals surface area contributed by atoms with Crippen LogP contribution in [0.4, 0.5) is 0 Å². The van der Waals surface area contributed by atoms with Crippen LogP contribution in [-0.4, -0.2) is 30.4 Å². The fourth-order valence-electron chi connectivity index (χ4n) is 2.17. The summed E-state index contributed by atoms with van der Waals surface area (Å²) in [7, 11) is 0. The third-order valence-corrected chi connectivity index (χ3v) is 3.29. The van der Waals surface area contributed by atoms with Crippen LogP contribution in [0, 0.1) is 11.8 Å². The Balaban J connectivity index is 0.00000225. The highest BCUT2D eigenvalue weighted by Gasteiger charge is 2.21. The van der Waals surface area contributed by atoms with E-state index < -0.39 is 0 Å². The van der Waals surface area contributed by atoms with Gasteiger partial charge in [-0.15, -0.1) is 12.4 Å². The van der Waals surface area contributed by atoms with Crippen LogP contribution in [0.25, 0.3) is 0 Å². The number of nitrogens with two attached hydrogens (primary N) is 1. The molecule has 16 heavy (non-hydrogen) atoms. The van der Waals surface area contributed by atoms with Gasteiger partial charge >= 0.3 is 0 Å². The summed E-state index contributed by atoms with van der Waals surface area (Å²) >= 11 is 0. The second kappa shape index (κ2) is 7.91. The fourth-order valence-corrected chi connectivity index (χ4v) is 2.17. The molecule has 0 aliphatic carbocycles. The smallest absolute Gasteiger partial charge is 0.236 e. The molecule has 2 N–H and O–H groups in total. The molecule has 1 amide bonds. The molecule has 0 spiro atoms. The number of hydrogen-bond donors (Lipinski definition) is 1. The molecular formula is C12H25ClN2O. The molecule has 1 fully saturated rings. The Bertz CT molecular complexity index is 201. The van der Waals surface area contributed by atoms with E-state index in [2.05, 4.69) is 13.8 Å². The van der Waals surface area contributed by atoms with Crippen molar-refractivity contribution in [3.8, 4) is 0 Å². The Labute approximate surface area is 105 Å². The molecule has 1 heterocycles. The zero-order valence-electron chi connectivity index (χ0n) is 10.4. The number of hydrogen-bond acceptors (Lipinski definition) is 2. The lowest BCUT2D eigenvalue weighted by Crippen LogP contribution is -2.41. The van der Waals surface area contributed by atoms with Gasteiger partial charge in [-0.1, -0.05) is 26.7 Å². The summed E-state index contributed by atoms with van der Waals surface area (Å²) in [4.78, 5) is 13.2. The first-order chi connectivity index (χ1) is 7.13. The first-order valence-corrected chi connectivity index (χ1v) is 6.11. The minimum atomic E-state index is 0. The minimum Gasteiger partial charge on any atom is -0.342 e. The van der Waals surface area contributed by atoms with Gasteiger partial charge in [-0.3, -0.25) is 4.79 Å². The lowest BCUT2D eigenvalue weighted by Gasteiger charge is -2.32. The van der Waals surface area contributed by atoms with E-state index in [0.717, 1.165) is 24.9 Å². The van der Waals surface area contributed by atoms with Crippen LogP contribution in [0.1, 0.15) is 39.5 Å². The molecule has 0 unspecified atom stereocenters. The van der Waals surface area contributed by atoms with Gasteiger partial charge in [0.15, 0.2) is 0 Å². The monoisotopic (exact) mass is 248 g/mol. The molecule has 0 saturated carbocycles. The van der Waals surface area contributed by atoms with Gasteiger partial charge in [0.2, 0.25) is 5.91 Å². The quantitative estimate of drug-likeness (QED) is 0.828. The number of rotatable bonds is 4. The van der Waals surface area contributed by atoms with Gasteiger partial charge in [0, 0.05) is 13.1 Å². The highest BCUT2D eigenvalue weighted by Crippen LogP contribution is 2.23. The average Bonchev–Trinajstić information content (AvgIpc) is 2.26. The van der Waals surface area contributed by atoms with E-state index in [0.29, 0.717) is 0 Å². The summed E-state index contributed by atoms with van der Waals surface area (Å²) < 4.78 is 0. The van der Waals surface area contributed by atoms with Crippen molar-refractivity contribution in [2.24, 2.45) is 17.6 Å². The lowest BCUT2D eigenvalue weighted by atomic mass is 9.89. The molecule has 0 bridgehead atoms. The SMILES string of the molecule is CC(C)CCC1CCN(C(=O)CN)CC1.Cl. The number of halogens is 1. The van der Waals surface area contributed by atoms with E-state index in [9.17, 15) is 4.79 Å². The number of nitrogens with zero attached hydrogens (tertiary/aromatic N) is 1. The molecule has 3 nitrogen and oxygen atoms in total. The summed E-state index contributed by atoms with van der Waals surface area (Å²) in [5.41, 5.74) is 5.34. The van der Waals surface area contributed by atoms with Crippen molar-refractivity contribution in [3.05, 3.63) is 0 Å². The van der Waals surface area contributed by atoms with E-state index in [1.807, 2.05) is 4.90 Å². The average molecular weight is 249 g/mol. The van der Waals surface area contributed by atoms with Gasteiger partial charge < -0.3 is 10.6 Å². The van der Waals surface area contributed by atoms with Crippen LogP contribution in [0.15, 0.2) is 0 Å². The van der Waals surface area contributed by atoms with Gasteiger partial charge in [-0.2, -0.15) is 0 Å². The van der Waals surface area contributed by atoms with Crippen molar-refractivity contribution in [1.29, 1.82) is 0 Å². The molecule has 0 atom stereocenters. The van der Waals surface area contributed by atoms with Crippen molar-refractivity contribution in [3.63, 3.8) is 0 Å². The first-order valence-electron chi connectivity index (χ1n) is 6.11. The molecule has 4 heteroatoms. The highest BCUT2D eigenvalue weighted by atomic mass is 35.5. The molecular weight excluding hydrogens is 224 g/mol. The van der Waals surface area contributed by atoms with Crippen molar-refractivity contribution >= 4 is 18.3 Å². The second-order valence-electron chi connectivity index (χ2n) is 5.00. The van der Waals surface area contributed by atoms with Crippen molar-refractivity contribution < 1.29 is 4.79 Å². The maximum absolute atomic E-state index is 11.3. The summed E-state index contributed by atoms with van der Waals surface area (Å²) in [6, 6.07) is 0. The summed E-state index contributed by atoms with van der Waals surface area (Å²) in [6.07, 6.45) is 4.97. The van der Waals surface area contributed by atoms with Crippen LogP contribution in [0.5, 0.6) is 0 Å². The molecule has 0 radical (unpaired) electrons. The van der Waals surface area contributed by atoms with Crippen molar-refractivity contribution in [2.45, 2.75) is 39.5 Å². The topological polar surface area (TPSA) is 46.3 Å². The Kier molecular flexibility index (Phi) is 7.77. The number of carbonyl (C=O) groups excluding carboxylic acids is 1. The normalized spacial score (nSPS) is 17.4. The van der Waals surface area contributed by atoms with E-state index in [-0.39, 0.29) is 24.9 Å². The molecule has 0 aromatic carbocycles. The van der Waals surface area contributed by atoms with Gasteiger partial charge in [-0.05, 0) is 24.7 Å². The number of piperidine rings is 1. The summed E-state index contributed by atoms with van der Waals surface area (Å²) in [5, 5.41) is 0. The number of carbonyl (C=O) groups is 1. The van der Waals surface area contributed by atoms with Crippen molar-refractivity contribution in [2.75, 3.05) is 19.6 Å². The maximum Gasteiger partial charge on any atom is 0.236 e. The summed E-state index contributed by atoms with van der Waals surface area (Å²) in [6.45, 7) is 6.54. The van der Waals surface area contributed by atoms with Gasteiger partial charge in [-0.25, -0.2) is 0 Å². The zero-order valence-corrected chi connectivity index (χ0v) is 11.3. The van der Waals surface area contributed by atoms with Gasteiger partial charge in [0.05, 0.1) is 6.54 Å². The van der Waals surface area contributed by atoms with E-state index in [4.69, 9.17) is 5.73 Å². The van der Waals surface area contributed by atoms with Crippen molar-refractivity contribution in [1.82, 2.24) is 4.90 Å². The van der Waals surface area contributed by atoms with Crippen LogP contribution >= 0.6 is 12.4 Å². The minimum absolute atomic E-state index is 0. The second-order valence-corrected chi connectivity index (χ2v) is 5.00. The number of amides is 1. The molecule has 1 aliphatic heterocycles. The standard InChI is InChI=1S/C12H24N2O.ClH/c1-10(2)3-4-11-5-7-14(8-6-11)12(15)9-13;/h10-11H,3-9,13H2,1-2H3;1H. The Morgan fingerprint density at radius 1 is 1.38 bits per heavy atom. The van der Waals surface area contributed by atoms with E-state index in [1.165, 1.54) is 25.7 Å². The third-order valence-electron chi connectivity index (χ3n) is 3.29. The molecule has 0 aromatic heterocycles. The number of likely N-dealkylation sites (tertiary alicyclic amines) is 1. The molecule has 1 saturated heterocycles. The lowest BCUT2D eigenvalue weighted by molar-refractivity contribution is -0.131. The van der Waals surface area contributed by atoms with Gasteiger partial charge in [0.1, 0.15) is 0 Å². The van der Waals surface area contributed by atoms with E-state index in [1.54, 1.807) is 0 Å². The van der Waals surface area contributed by atoms with Crippen LogP contribution < -0.4 is 5.73 Å². The predicted octanol–water partition coefficient (Wildman–Crippen LogP) is 2.04. The van der Waals surface area contributed by atoms with Crippen LogP contribution in [0.3, 0.4) is 0 Å². The predicted molar refractivity (Wildman–Crippen MR) is 69.7 cm³/mol. The maximum atomic E-state index is 11.3. The molecule has 96 valence electrons. The molecule has 0 aromatic rings. The summed E-state index contributed by atoms with van der Waals surface area (Å²) in [5.74, 6) is 1.74. The largest absolute Gasteiger partial charge is 0.342 e.